The van der Waals surface area contributed by atoms with Gasteiger partial charge in [0, 0.05) is 0 Å². The summed E-state index contributed by atoms with van der Waals surface area (Å²) in [5.74, 6) is -0.223. The molecule has 22 heavy (non-hydrogen) atoms. The van der Waals surface area contributed by atoms with Gasteiger partial charge in [-0.15, -0.1) is 6.58 Å². The van der Waals surface area contributed by atoms with Crippen molar-refractivity contribution in [3.05, 3.63) is 54.7 Å². The van der Waals surface area contributed by atoms with E-state index in [9.17, 15) is 4.79 Å². The van der Waals surface area contributed by atoms with Gasteiger partial charge >= 0.3 is 0 Å². The first-order valence-corrected chi connectivity index (χ1v) is 6.83. The fourth-order valence-electron chi connectivity index (χ4n) is 1.81. The maximum absolute atomic E-state index is 12.3. The molecule has 114 valence electrons. The molecule has 0 unspecified atom stereocenters. The molecule has 2 rings (SSSR count). The molecule has 0 fully saturated rings. The van der Waals surface area contributed by atoms with Crippen LogP contribution in [0.15, 0.2) is 49.2 Å². The lowest BCUT2D eigenvalue weighted by Gasteiger charge is -2.21. The summed E-state index contributed by atoms with van der Waals surface area (Å²) in [6.45, 7) is 3.86. The topological polar surface area (TPSA) is 102 Å². The van der Waals surface area contributed by atoms with Gasteiger partial charge in [0.1, 0.15) is 11.4 Å². The quantitative estimate of drug-likeness (QED) is 0.439. The summed E-state index contributed by atoms with van der Waals surface area (Å²) in [5, 5.41) is 5.46. The van der Waals surface area contributed by atoms with Crippen LogP contribution in [0.25, 0.3) is 5.69 Å². The Hall–Kier alpha value is -2.87. The summed E-state index contributed by atoms with van der Waals surface area (Å²) in [6, 6.07) is 9.27. The summed E-state index contributed by atoms with van der Waals surface area (Å²) in [5.41, 5.74) is 15.1. The molecule has 1 heterocycles. The number of benzene rings is 1. The minimum Gasteiger partial charge on any atom is -0.383 e. The van der Waals surface area contributed by atoms with Gasteiger partial charge in [-0.25, -0.2) is 4.68 Å². The van der Waals surface area contributed by atoms with E-state index in [1.54, 1.807) is 6.08 Å². The number of hydrogen-bond donors (Lipinski definition) is 3. The summed E-state index contributed by atoms with van der Waals surface area (Å²) in [4.78, 5) is 12.3. The zero-order valence-electron chi connectivity index (χ0n) is 11.8. The third-order valence-electron chi connectivity index (χ3n) is 2.87. The van der Waals surface area contributed by atoms with E-state index in [0.717, 1.165) is 5.69 Å². The molecule has 0 radical (unpaired) electrons. The number of thiocarbonyl (C=S) groups is 1. The molecule has 0 saturated carbocycles. The van der Waals surface area contributed by atoms with Crippen LogP contribution in [0.1, 0.15) is 10.4 Å². The van der Waals surface area contributed by atoms with Crippen molar-refractivity contribution in [3.8, 4) is 5.69 Å². The lowest BCUT2D eigenvalue weighted by Crippen LogP contribution is -2.48. The summed E-state index contributed by atoms with van der Waals surface area (Å²) >= 11 is 4.85. The number of para-hydroxylation sites is 1. The number of anilines is 1. The van der Waals surface area contributed by atoms with E-state index >= 15 is 0 Å². The second kappa shape index (κ2) is 6.72. The number of aromatic nitrogens is 2. The van der Waals surface area contributed by atoms with Crippen molar-refractivity contribution >= 4 is 29.1 Å². The molecule has 0 atom stereocenters. The first kappa shape index (κ1) is 15.5. The third-order valence-corrected chi connectivity index (χ3v) is 3.09. The molecule has 7 nitrogen and oxygen atoms in total. The highest BCUT2D eigenvalue weighted by atomic mass is 32.1. The van der Waals surface area contributed by atoms with Crippen molar-refractivity contribution < 1.29 is 4.79 Å². The van der Waals surface area contributed by atoms with Crippen LogP contribution < -0.4 is 16.9 Å². The molecule has 0 saturated heterocycles. The van der Waals surface area contributed by atoms with Gasteiger partial charge in [-0.1, -0.05) is 24.3 Å². The maximum atomic E-state index is 12.3. The first-order valence-electron chi connectivity index (χ1n) is 6.42. The Morgan fingerprint density at radius 2 is 2.14 bits per heavy atom. The average Bonchev–Trinajstić information content (AvgIpc) is 2.89. The number of carbonyl (C=O) groups is 1. The second-order valence-corrected chi connectivity index (χ2v) is 4.79. The number of rotatable bonds is 4. The van der Waals surface area contributed by atoms with E-state index in [1.807, 2.05) is 30.3 Å². The predicted molar refractivity (Wildman–Crippen MR) is 89.1 cm³/mol. The Balaban J connectivity index is 2.23. The molecule has 1 aromatic heterocycles. The van der Waals surface area contributed by atoms with Crippen LogP contribution in [0, 0.1) is 0 Å². The minimum atomic E-state index is -0.450. The molecule has 5 N–H and O–H groups in total. The maximum Gasteiger partial charge on any atom is 0.275 e. The zero-order valence-corrected chi connectivity index (χ0v) is 12.6. The van der Waals surface area contributed by atoms with Crippen molar-refractivity contribution in [2.75, 3.05) is 12.3 Å². The molecular weight excluding hydrogens is 300 g/mol. The Morgan fingerprint density at radius 1 is 1.45 bits per heavy atom. The molecule has 0 bridgehead atoms. The normalized spacial score (nSPS) is 10.0. The number of nitrogen functional groups attached to an aromatic ring is 1. The molecular formula is C14H16N6OS. The number of hydrogen-bond acceptors (Lipinski definition) is 4. The van der Waals surface area contributed by atoms with Crippen LogP contribution in [0.3, 0.4) is 0 Å². The van der Waals surface area contributed by atoms with Gasteiger partial charge in [0.05, 0.1) is 18.4 Å². The number of nitrogens with one attached hydrogen (secondary N) is 1. The van der Waals surface area contributed by atoms with Gasteiger partial charge in [0.25, 0.3) is 5.91 Å². The Bertz CT molecular complexity index is 697. The van der Waals surface area contributed by atoms with Crippen LogP contribution in [0.4, 0.5) is 5.82 Å². The molecule has 0 aliphatic rings. The van der Waals surface area contributed by atoms with E-state index < -0.39 is 5.91 Å². The summed E-state index contributed by atoms with van der Waals surface area (Å²) in [6.07, 6.45) is 2.96. The van der Waals surface area contributed by atoms with E-state index in [1.165, 1.54) is 15.9 Å². The second-order valence-electron chi connectivity index (χ2n) is 4.37. The Morgan fingerprint density at radius 3 is 2.73 bits per heavy atom. The smallest absolute Gasteiger partial charge is 0.275 e. The molecule has 1 amide bonds. The number of carbonyl (C=O) groups excluding carboxylic acids is 1. The van der Waals surface area contributed by atoms with E-state index in [-0.39, 0.29) is 23.0 Å². The van der Waals surface area contributed by atoms with Crippen LogP contribution >= 0.6 is 12.2 Å². The fraction of sp³-hybridized carbons (Fsp3) is 0.0714. The number of nitrogens with two attached hydrogens (primary N) is 2. The van der Waals surface area contributed by atoms with E-state index in [4.69, 9.17) is 23.7 Å². The van der Waals surface area contributed by atoms with Gasteiger partial charge in [0.15, 0.2) is 5.11 Å². The lowest BCUT2D eigenvalue weighted by atomic mass is 10.3. The summed E-state index contributed by atoms with van der Waals surface area (Å²) < 4.78 is 1.48. The van der Waals surface area contributed by atoms with Gasteiger partial charge < -0.3 is 11.5 Å². The van der Waals surface area contributed by atoms with Crippen molar-refractivity contribution in [2.45, 2.75) is 0 Å². The third kappa shape index (κ3) is 3.23. The standard InChI is InChI=1S/C14H16N6OS/c1-2-8-19(14(16)22)18-13(21)11-9-17-20(12(11)15)10-6-4-3-5-7-10/h2-7,9H,1,8,15H2,(H2,16,22)(H,18,21). The van der Waals surface area contributed by atoms with Gasteiger partial charge in [0.2, 0.25) is 0 Å². The van der Waals surface area contributed by atoms with Crippen molar-refractivity contribution in [1.29, 1.82) is 0 Å². The number of nitrogens with zero attached hydrogens (tertiary/aromatic N) is 3. The van der Waals surface area contributed by atoms with Crippen LogP contribution in [-0.2, 0) is 0 Å². The molecule has 2 aromatic rings. The van der Waals surface area contributed by atoms with Crippen molar-refractivity contribution in [1.82, 2.24) is 20.2 Å². The number of amides is 1. The zero-order chi connectivity index (χ0) is 16.1. The molecule has 8 heteroatoms. The van der Waals surface area contributed by atoms with Gasteiger partial charge in [-0.05, 0) is 24.4 Å². The van der Waals surface area contributed by atoms with Gasteiger partial charge in [-0.2, -0.15) is 5.10 Å². The predicted octanol–water partition coefficient (Wildman–Crippen LogP) is 0.831. The first-order chi connectivity index (χ1) is 10.5. The minimum absolute atomic E-state index is 0.0299. The Kier molecular flexibility index (Phi) is 4.74. The highest BCUT2D eigenvalue weighted by molar-refractivity contribution is 7.80. The van der Waals surface area contributed by atoms with Crippen molar-refractivity contribution in [3.63, 3.8) is 0 Å². The van der Waals surface area contributed by atoms with Gasteiger partial charge in [-0.3, -0.25) is 15.2 Å². The molecule has 0 aliphatic carbocycles. The Labute approximate surface area is 133 Å². The van der Waals surface area contributed by atoms with Crippen LogP contribution in [-0.4, -0.2) is 32.4 Å². The highest BCUT2D eigenvalue weighted by Gasteiger charge is 2.18. The van der Waals surface area contributed by atoms with E-state index in [2.05, 4.69) is 17.1 Å². The number of hydrazine groups is 1. The van der Waals surface area contributed by atoms with Crippen LogP contribution in [0.2, 0.25) is 0 Å². The van der Waals surface area contributed by atoms with Crippen molar-refractivity contribution in [2.24, 2.45) is 5.73 Å². The largest absolute Gasteiger partial charge is 0.383 e. The van der Waals surface area contributed by atoms with E-state index in [0.29, 0.717) is 0 Å². The molecule has 1 aromatic carbocycles. The highest BCUT2D eigenvalue weighted by Crippen LogP contribution is 2.16. The SMILES string of the molecule is C=CCN(NC(=O)c1cnn(-c2ccccc2)c1N)C(N)=S. The fourth-order valence-corrected chi connectivity index (χ4v) is 1.93. The average molecular weight is 316 g/mol. The summed E-state index contributed by atoms with van der Waals surface area (Å²) in [7, 11) is 0. The monoisotopic (exact) mass is 316 g/mol. The lowest BCUT2D eigenvalue weighted by molar-refractivity contribution is 0.0880. The molecule has 0 spiro atoms. The molecule has 0 aliphatic heterocycles. The van der Waals surface area contributed by atoms with Crippen LogP contribution in [0.5, 0.6) is 0 Å².